The highest BCUT2D eigenvalue weighted by molar-refractivity contribution is 5.86. The summed E-state index contributed by atoms with van der Waals surface area (Å²) in [7, 11) is 0. The Kier molecular flexibility index (Phi) is 2.81. The molecule has 0 aliphatic heterocycles. The fraction of sp³-hybridized carbons (Fsp3) is 0.250. The number of para-hydroxylation sites is 1. The van der Waals surface area contributed by atoms with Gasteiger partial charge in [-0.15, -0.1) is 0 Å². The van der Waals surface area contributed by atoms with Crippen molar-refractivity contribution < 1.29 is 14.7 Å². The molecule has 0 aliphatic rings. The van der Waals surface area contributed by atoms with Crippen molar-refractivity contribution in [2.24, 2.45) is 0 Å². The molecule has 84 valence electrons. The number of aromatic nitrogens is 1. The zero-order chi connectivity index (χ0) is 11.5. The Balaban J connectivity index is 2.34. The van der Waals surface area contributed by atoms with Crippen LogP contribution in [0.1, 0.15) is 19.8 Å². The standard InChI is InChI=1S/C12H13NO3/c1-2-5-12(15)16-13-8-11(14)9-6-3-4-7-10(9)13/h3-4,6-8,14H,2,5H2,1H3. The molecule has 0 amide bonds. The average molecular weight is 219 g/mol. The fourth-order valence-electron chi connectivity index (χ4n) is 1.57. The molecule has 0 atom stereocenters. The van der Waals surface area contributed by atoms with Gasteiger partial charge in [-0.2, -0.15) is 4.73 Å². The molecular formula is C12H13NO3. The predicted molar refractivity (Wildman–Crippen MR) is 60.1 cm³/mol. The average Bonchev–Trinajstić information content (AvgIpc) is 2.57. The van der Waals surface area contributed by atoms with Gasteiger partial charge in [-0.05, 0) is 18.6 Å². The van der Waals surface area contributed by atoms with E-state index in [9.17, 15) is 9.90 Å². The second kappa shape index (κ2) is 4.26. The van der Waals surface area contributed by atoms with Gasteiger partial charge in [0.25, 0.3) is 0 Å². The van der Waals surface area contributed by atoms with Gasteiger partial charge in [0.05, 0.1) is 11.7 Å². The molecule has 0 saturated carbocycles. The van der Waals surface area contributed by atoms with Gasteiger partial charge in [-0.25, -0.2) is 4.79 Å². The summed E-state index contributed by atoms with van der Waals surface area (Å²) < 4.78 is 1.31. The van der Waals surface area contributed by atoms with Crippen LogP contribution in [-0.2, 0) is 4.79 Å². The molecule has 4 heteroatoms. The number of rotatable bonds is 3. The molecule has 0 aliphatic carbocycles. The molecule has 1 aromatic carbocycles. The lowest BCUT2D eigenvalue weighted by atomic mass is 10.2. The van der Waals surface area contributed by atoms with Crippen LogP contribution in [0.25, 0.3) is 10.9 Å². The van der Waals surface area contributed by atoms with Gasteiger partial charge in [0.1, 0.15) is 5.75 Å². The Morgan fingerprint density at radius 2 is 2.19 bits per heavy atom. The van der Waals surface area contributed by atoms with Crippen molar-refractivity contribution in [1.29, 1.82) is 0 Å². The molecule has 16 heavy (non-hydrogen) atoms. The van der Waals surface area contributed by atoms with E-state index in [0.29, 0.717) is 17.3 Å². The highest BCUT2D eigenvalue weighted by Crippen LogP contribution is 2.25. The summed E-state index contributed by atoms with van der Waals surface area (Å²) in [5.41, 5.74) is 0.685. The molecule has 0 bridgehead atoms. The monoisotopic (exact) mass is 219 g/mol. The highest BCUT2D eigenvalue weighted by Gasteiger charge is 2.10. The lowest BCUT2D eigenvalue weighted by molar-refractivity contribution is -0.143. The molecule has 1 aromatic heterocycles. The Bertz CT molecular complexity index is 516. The summed E-state index contributed by atoms with van der Waals surface area (Å²) in [6, 6.07) is 7.20. The van der Waals surface area contributed by atoms with E-state index in [0.717, 1.165) is 6.42 Å². The minimum absolute atomic E-state index is 0.111. The van der Waals surface area contributed by atoms with Crippen LogP contribution in [0.5, 0.6) is 5.75 Å². The molecular weight excluding hydrogens is 206 g/mol. The summed E-state index contributed by atoms with van der Waals surface area (Å²) in [4.78, 5) is 16.4. The summed E-state index contributed by atoms with van der Waals surface area (Å²) in [5.74, 6) is -0.192. The van der Waals surface area contributed by atoms with Gasteiger partial charge in [0.15, 0.2) is 0 Å². The fourth-order valence-corrected chi connectivity index (χ4v) is 1.57. The molecule has 2 aromatic rings. The van der Waals surface area contributed by atoms with E-state index in [1.165, 1.54) is 10.9 Å². The van der Waals surface area contributed by atoms with Gasteiger partial charge >= 0.3 is 5.97 Å². The molecule has 4 nitrogen and oxygen atoms in total. The van der Waals surface area contributed by atoms with Crippen molar-refractivity contribution in [3.63, 3.8) is 0 Å². The minimum Gasteiger partial charge on any atom is -0.506 e. The number of carbonyl (C=O) groups excluding carboxylic acids is 1. The molecule has 2 rings (SSSR count). The first-order chi connectivity index (χ1) is 7.72. The third-order valence-electron chi connectivity index (χ3n) is 2.31. The maximum absolute atomic E-state index is 11.3. The number of fused-ring (bicyclic) bond motifs is 1. The van der Waals surface area contributed by atoms with Crippen LogP contribution < -0.4 is 4.84 Å². The molecule has 1 heterocycles. The van der Waals surface area contributed by atoms with E-state index in [4.69, 9.17) is 4.84 Å². The number of aromatic hydroxyl groups is 1. The predicted octanol–water partition coefficient (Wildman–Crippen LogP) is 2.10. The van der Waals surface area contributed by atoms with E-state index >= 15 is 0 Å². The number of hydrogen-bond acceptors (Lipinski definition) is 3. The Labute approximate surface area is 93.0 Å². The van der Waals surface area contributed by atoms with Gasteiger partial charge in [0, 0.05) is 11.8 Å². The third-order valence-corrected chi connectivity index (χ3v) is 2.31. The third kappa shape index (κ3) is 1.86. The van der Waals surface area contributed by atoms with Crippen molar-refractivity contribution in [2.75, 3.05) is 0 Å². The van der Waals surface area contributed by atoms with Crippen LogP contribution in [0, 0.1) is 0 Å². The van der Waals surface area contributed by atoms with E-state index < -0.39 is 0 Å². The zero-order valence-electron chi connectivity index (χ0n) is 9.01. The maximum Gasteiger partial charge on any atom is 0.332 e. The highest BCUT2D eigenvalue weighted by atomic mass is 16.7. The maximum atomic E-state index is 11.3. The number of carbonyl (C=O) groups is 1. The Hall–Kier alpha value is -1.97. The Morgan fingerprint density at radius 1 is 1.44 bits per heavy atom. The first kappa shape index (κ1) is 10.5. The van der Waals surface area contributed by atoms with Crippen molar-refractivity contribution >= 4 is 16.9 Å². The molecule has 0 unspecified atom stereocenters. The second-order valence-electron chi connectivity index (χ2n) is 3.57. The molecule has 0 fully saturated rings. The quantitative estimate of drug-likeness (QED) is 0.860. The van der Waals surface area contributed by atoms with Gasteiger partial charge in [0.2, 0.25) is 0 Å². The van der Waals surface area contributed by atoms with Crippen LogP contribution >= 0.6 is 0 Å². The largest absolute Gasteiger partial charge is 0.506 e. The number of nitrogens with zero attached hydrogens (tertiary/aromatic N) is 1. The van der Waals surface area contributed by atoms with Crippen LogP contribution in [0.3, 0.4) is 0 Å². The van der Waals surface area contributed by atoms with Crippen LogP contribution in [0.15, 0.2) is 30.5 Å². The van der Waals surface area contributed by atoms with E-state index in [2.05, 4.69) is 0 Å². The smallest absolute Gasteiger partial charge is 0.332 e. The van der Waals surface area contributed by atoms with Crippen LogP contribution in [0.2, 0.25) is 0 Å². The Morgan fingerprint density at radius 3 is 2.94 bits per heavy atom. The van der Waals surface area contributed by atoms with Crippen molar-refractivity contribution in [3.8, 4) is 5.75 Å². The van der Waals surface area contributed by atoms with Crippen LogP contribution in [0.4, 0.5) is 0 Å². The molecule has 0 saturated heterocycles. The lowest BCUT2D eigenvalue weighted by Gasteiger charge is -2.04. The zero-order valence-corrected chi connectivity index (χ0v) is 9.01. The first-order valence-electron chi connectivity index (χ1n) is 5.22. The summed E-state index contributed by atoms with van der Waals surface area (Å²) in [6.45, 7) is 1.91. The van der Waals surface area contributed by atoms with Gasteiger partial charge < -0.3 is 9.94 Å². The van der Waals surface area contributed by atoms with Crippen molar-refractivity contribution in [1.82, 2.24) is 4.73 Å². The number of hydrogen-bond donors (Lipinski definition) is 1. The second-order valence-corrected chi connectivity index (χ2v) is 3.57. The van der Waals surface area contributed by atoms with Gasteiger partial charge in [-0.1, -0.05) is 19.1 Å². The first-order valence-corrected chi connectivity index (χ1v) is 5.22. The minimum atomic E-state index is -0.303. The van der Waals surface area contributed by atoms with E-state index in [-0.39, 0.29) is 11.7 Å². The molecule has 0 spiro atoms. The molecule has 0 radical (unpaired) electrons. The summed E-state index contributed by atoms with van der Waals surface area (Å²) in [5, 5.41) is 10.3. The summed E-state index contributed by atoms with van der Waals surface area (Å²) in [6.07, 6.45) is 2.51. The van der Waals surface area contributed by atoms with Crippen molar-refractivity contribution in [3.05, 3.63) is 30.5 Å². The SMILES string of the molecule is CCCC(=O)On1cc(O)c2ccccc21. The van der Waals surface area contributed by atoms with Gasteiger partial charge in [-0.3, -0.25) is 0 Å². The van der Waals surface area contributed by atoms with Crippen LogP contribution in [-0.4, -0.2) is 15.8 Å². The van der Waals surface area contributed by atoms with E-state index in [1.807, 2.05) is 19.1 Å². The topological polar surface area (TPSA) is 51.5 Å². The normalized spacial score (nSPS) is 10.6. The molecule has 1 N–H and O–H groups in total. The lowest BCUT2D eigenvalue weighted by Crippen LogP contribution is -2.18. The van der Waals surface area contributed by atoms with E-state index in [1.54, 1.807) is 12.1 Å². The number of benzene rings is 1. The summed E-state index contributed by atoms with van der Waals surface area (Å²) >= 11 is 0. The van der Waals surface area contributed by atoms with Crippen molar-refractivity contribution in [2.45, 2.75) is 19.8 Å².